The van der Waals surface area contributed by atoms with Crippen molar-refractivity contribution in [3.63, 3.8) is 0 Å². The van der Waals surface area contributed by atoms with Crippen LogP contribution in [0, 0.1) is 0 Å². The van der Waals surface area contributed by atoms with Gasteiger partial charge < -0.3 is 14.5 Å². The molecule has 0 spiro atoms. The summed E-state index contributed by atoms with van der Waals surface area (Å²) in [5, 5.41) is 3.38. The fourth-order valence-electron chi connectivity index (χ4n) is 1.34. The van der Waals surface area contributed by atoms with Crippen molar-refractivity contribution in [3.8, 4) is 0 Å². The molecule has 1 N–H and O–H groups in total. The number of nitrogens with one attached hydrogen (secondary N) is 1. The molecule has 5 nitrogen and oxygen atoms in total. The minimum absolute atomic E-state index is 0.109. The Labute approximate surface area is 123 Å². The van der Waals surface area contributed by atoms with Crippen molar-refractivity contribution in [2.45, 2.75) is 6.92 Å². The van der Waals surface area contributed by atoms with Gasteiger partial charge in [-0.25, -0.2) is 4.79 Å². The van der Waals surface area contributed by atoms with Crippen LogP contribution in [0.15, 0.2) is 33.4 Å². The zero-order valence-corrected chi connectivity index (χ0v) is 12.3. The predicted octanol–water partition coefficient (Wildman–Crippen LogP) is 4.01. The van der Waals surface area contributed by atoms with Gasteiger partial charge in [-0.15, -0.1) is 0 Å². The summed E-state index contributed by atoms with van der Waals surface area (Å²) in [4.78, 5) is 15.4. The number of carbonyl (C=O) groups excluding carboxylic acids is 1. The second kappa shape index (κ2) is 6.08. The third kappa shape index (κ3) is 3.48. The molecule has 0 bridgehead atoms. The normalized spacial score (nSPS) is 10.3. The lowest BCUT2D eigenvalue weighted by Gasteiger charge is -2.04. The molecule has 0 radical (unpaired) electrons. The molecule has 0 atom stereocenters. The molecule has 0 amide bonds. The summed E-state index contributed by atoms with van der Waals surface area (Å²) in [6.07, 6.45) is 1.23. The molecule has 2 aromatic rings. The van der Waals surface area contributed by atoms with E-state index in [1.807, 2.05) is 6.07 Å². The second-order valence-corrected chi connectivity index (χ2v) is 4.83. The van der Waals surface area contributed by atoms with E-state index in [-0.39, 0.29) is 18.3 Å². The molecular formula is C12H10BrClN2O3. The standard InChI is InChI=1S/C12H10BrClN2O3/c1-2-18-11(17)10-6-19-12(16-10)15-9-4-3-7(13)5-8(9)14/h3-6H,2H2,1H3,(H,15,16). The third-order valence-corrected chi connectivity index (χ3v) is 2.97. The number of rotatable bonds is 4. The van der Waals surface area contributed by atoms with Gasteiger partial charge in [-0.1, -0.05) is 27.5 Å². The molecular weight excluding hydrogens is 335 g/mol. The van der Waals surface area contributed by atoms with Gasteiger partial charge in [0.2, 0.25) is 0 Å². The highest BCUT2D eigenvalue weighted by Crippen LogP contribution is 2.28. The van der Waals surface area contributed by atoms with Gasteiger partial charge in [-0.2, -0.15) is 4.98 Å². The van der Waals surface area contributed by atoms with Crippen LogP contribution < -0.4 is 5.32 Å². The number of hydrogen-bond donors (Lipinski definition) is 1. The number of nitrogens with zero attached hydrogens (tertiary/aromatic N) is 1. The highest BCUT2D eigenvalue weighted by molar-refractivity contribution is 9.10. The first-order valence-electron chi connectivity index (χ1n) is 5.45. The van der Waals surface area contributed by atoms with E-state index in [1.54, 1.807) is 19.1 Å². The van der Waals surface area contributed by atoms with Crippen LogP contribution >= 0.6 is 27.5 Å². The smallest absolute Gasteiger partial charge is 0.360 e. The van der Waals surface area contributed by atoms with E-state index in [2.05, 4.69) is 26.2 Å². The molecule has 1 heterocycles. The van der Waals surface area contributed by atoms with Crippen molar-refractivity contribution in [3.05, 3.63) is 39.7 Å². The van der Waals surface area contributed by atoms with Gasteiger partial charge in [0.15, 0.2) is 5.69 Å². The number of carbonyl (C=O) groups is 1. The molecule has 0 aliphatic heterocycles. The van der Waals surface area contributed by atoms with Crippen molar-refractivity contribution in [1.82, 2.24) is 4.98 Å². The molecule has 0 unspecified atom stereocenters. The fraction of sp³-hybridized carbons (Fsp3) is 0.167. The minimum atomic E-state index is -0.527. The number of esters is 1. The Morgan fingerprint density at radius 3 is 3.05 bits per heavy atom. The largest absolute Gasteiger partial charge is 0.461 e. The van der Waals surface area contributed by atoms with Crippen LogP contribution in [-0.4, -0.2) is 17.6 Å². The van der Waals surface area contributed by atoms with Crippen LogP contribution in [-0.2, 0) is 4.74 Å². The molecule has 0 aliphatic carbocycles. The Balaban J connectivity index is 2.13. The second-order valence-electron chi connectivity index (χ2n) is 3.51. The molecule has 19 heavy (non-hydrogen) atoms. The highest BCUT2D eigenvalue weighted by Gasteiger charge is 2.13. The number of benzene rings is 1. The number of aromatic nitrogens is 1. The zero-order chi connectivity index (χ0) is 13.8. The average molecular weight is 346 g/mol. The van der Waals surface area contributed by atoms with Gasteiger partial charge in [-0.3, -0.25) is 0 Å². The Kier molecular flexibility index (Phi) is 4.44. The maximum absolute atomic E-state index is 11.4. The van der Waals surface area contributed by atoms with Crippen molar-refractivity contribution in [2.24, 2.45) is 0 Å². The molecule has 0 saturated heterocycles. The molecule has 1 aromatic heterocycles. The minimum Gasteiger partial charge on any atom is -0.461 e. The Morgan fingerprint density at radius 1 is 1.58 bits per heavy atom. The summed E-state index contributed by atoms with van der Waals surface area (Å²) in [5.74, 6) is -0.527. The van der Waals surface area contributed by atoms with Crippen molar-refractivity contribution < 1.29 is 13.9 Å². The molecule has 1 aromatic carbocycles. The number of halogens is 2. The summed E-state index contributed by atoms with van der Waals surface area (Å²) in [7, 11) is 0. The fourth-order valence-corrected chi connectivity index (χ4v) is 2.06. The molecule has 0 saturated carbocycles. The maximum Gasteiger partial charge on any atom is 0.360 e. The van der Waals surface area contributed by atoms with Gasteiger partial charge in [0.1, 0.15) is 6.26 Å². The summed E-state index contributed by atoms with van der Waals surface area (Å²) >= 11 is 9.35. The van der Waals surface area contributed by atoms with E-state index < -0.39 is 5.97 Å². The van der Waals surface area contributed by atoms with Gasteiger partial charge in [0, 0.05) is 4.47 Å². The highest BCUT2D eigenvalue weighted by atomic mass is 79.9. The van der Waals surface area contributed by atoms with Gasteiger partial charge >= 0.3 is 5.97 Å². The van der Waals surface area contributed by atoms with Crippen molar-refractivity contribution in [2.75, 3.05) is 11.9 Å². The molecule has 100 valence electrons. The molecule has 7 heteroatoms. The summed E-state index contributed by atoms with van der Waals surface area (Å²) in [5.41, 5.74) is 0.736. The van der Waals surface area contributed by atoms with Crippen LogP contribution in [0.1, 0.15) is 17.4 Å². The summed E-state index contributed by atoms with van der Waals surface area (Å²) < 4.78 is 10.8. The lowest BCUT2D eigenvalue weighted by molar-refractivity contribution is 0.0519. The number of anilines is 2. The van der Waals surface area contributed by atoms with Gasteiger partial charge in [0.25, 0.3) is 6.01 Å². The maximum atomic E-state index is 11.4. The van der Waals surface area contributed by atoms with Gasteiger partial charge in [-0.05, 0) is 25.1 Å². The zero-order valence-electron chi connectivity index (χ0n) is 9.94. The van der Waals surface area contributed by atoms with Crippen LogP contribution in [0.5, 0.6) is 0 Å². The molecule has 0 aliphatic rings. The van der Waals surface area contributed by atoms with E-state index in [0.29, 0.717) is 10.7 Å². The first-order valence-corrected chi connectivity index (χ1v) is 6.62. The predicted molar refractivity (Wildman–Crippen MR) is 74.9 cm³/mol. The van der Waals surface area contributed by atoms with Gasteiger partial charge in [0.05, 0.1) is 17.3 Å². The lowest BCUT2D eigenvalue weighted by Crippen LogP contribution is -2.05. The number of ether oxygens (including phenoxy) is 1. The van der Waals surface area contributed by atoms with E-state index >= 15 is 0 Å². The van der Waals surface area contributed by atoms with E-state index in [4.69, 9.17) is 20.8 Å². The van der Waals surface area contributed by atoms with E-state index in [1.165, 1.54) is 6.26 Å². The van der Waals surface area contributed by atoms with Crippen LogP contribution in [0.2, 0.25) is 5.02 Å². The lowest BCUT2D eigenvalue weighted by atomic mass is 10.3. The number of hydrogen-bond acceptors (Lipinski definition) is 5. The summed E-state index contributed by atoms with van der Waals surface area (Å²) in [6.45, 7) is 2.01. The van der Waals surface area contributed by atoms with E-state index in [9.17, 15) is 4.79 Å². The Hall–Kier alpha value is -1.53. The first-order chi connectivity index (χ1) is 9.10. The van der Waals surface area contributed by atoms with Crippen molar-refractivity contribution in [1.29, 1.82) is 0 Å². The van der Waals surface area contributed by atoms with E-state index in [0.717, 1.165) is 4.47 Å². The molecule has 2 rings (SSSR count). The summed E-state index contributed by atoms with van der Waals surface area (Å²) in [6, 6.07) is 5.50. The average Bonchev–Trinajstić information content (AvgIpc) is 2.82. The monoisotopic (exact) mass is 344 g/mol. The Morgan fingerprint density at radius 2 is 2.37 bits per heavy atom. The van der Waals surface area contributed by atoms with Crippen LogP contribution in [0.3, 0.4) is 0 Å². The van der Waals surface area contributed by atoms with Crippen molar-refractivity contribution >= 4 is 45.2 Å². The van der Waals surface area contributed by atoms with Crippen LogP contribution in [0.4, 0.5) is 11.7 Å². The van der Waals surface area contributed by atoms with Crippen LogP contribution in [0.25, 0.3) is 0 Å². The first kappa shape index (κ1) is 13.9. The quantitative estimate of drug-likeness (QED) is 0.848. The SMILES string of the molecule is CCOC(=O)c1coc(Nc2ccc(Br)cc2Cl)n1. The Bertz CT molecular complexity index is 600. The molecule has 0 fully saturated rings. The number of oxazole rings is 1. The third-order valence-electron chi connectivity index (χ3n) is 2.16. The topological polar surface area (TPSA) is 64.4 Å².